The number of halogens is 1. The monoisotopic (exact) mass is 429 g/mol. The fourth-order valence-electron chi connectivity index (χ4n) is 3.24. The van der Waals surface area contributed by atoms with Crippen molar-refractivity contribution in [1.29, 1.82) is 0 Å². The number of rotatable bonds is 4. The average Bonchev–Trinajstić information content (AvgIpc) is 3.22. The molecule has 2 aromatic carbocycles. The van der Waals surface area contributed by atoms with Crippen molar-refractivity contribution in [2.24, 2.45) is 0 Å². The second kappa shape index (κ2) is 8.63. The van der Waals surface area contributed by atoms with Gasteiger partial charge < -0.3 is 15.6 Å². The number of H-pyrrole nitrogens is 1. The van der Waals surface area contributed by atoms with Gasteiger partial charge in [-0.3, -0.25) is 4.98 Å². The number of nitrogens with one attached hydrogen (secondary N) is 3. The van der Waals surface area contributed by atoms with E-state index in [4.69, 9.17) is 4.98 Å². The highest BCUT2D eigenvalue weighted by atomic mass is 19.1. The SMILES string of the molecule is CC(C)(C)c1nc(-c2cccc(NC(=O)Nc3ccc(F)cc3)c2)c(-c2ccncc2)[nH]1. The first-order valence-corrected chi connectivity index (χ1v) is 10.2. The minimum absolute atomic E-state index is 0.162. The van der Waals surface area contributed by atoms with E-state index in [2.05, 4.69) is 41.4 Å². The number of aromatic nitrogens is 3. The maximum atomic E-state index is 13.1. The van der Waals surface area contributed by atoms with Gasteiger partial charge in [0.25, 0.3) is 0 Å². The zero-order chi connectivity index (χ0) is 22.7. The number of imidazole rings is 1. The molecule has 0 atom stereocenters. The lowest BCUT2D eigenvalue weighted by Crippen LogP contribution is -2.19. The van der Waals surface area contributed by atoms with Gasteiger partial charge >= 0.3 is 6.03 Å². The maximum Gasteiger partial charge on any atom is 0.323 e. The number of nitrogens with zero attached hydrogens (tertiary/aromatic N) is 2. The molecule has 2 amide bonds. The summed E-state index contributed by atoms with van der Waals surface area (Å²) in [7, 11) is 0. The Morgan fingerprint density at radius 1 is 0.906 bits per heavy atom. The third-order valence-electron chi connectivity index (χ3n) is 4.88. The van der Waals surface area contributed by atoms with Gasteiger partial charge in [-0.1, -0.05) is 32.9 Å². The summed E-state index contributed by atoms with van der Waals surface area (Å²) in [5.74, 6) is 0.508. The summed E-state index contributed by atoms with van der Waals surface area (Å²) in [5.41, 5.74) is 4.48. The minimum atomic E-state index is -0.416. The van der Waals surface area contributed by atoms with Gasteiger partial charge in [0.15, 0.2) is 0 Å². The molecule has 2 aromatic heterocycles. The van der Waals surface area contributed by atoms with Gasteiger partial charge in [-0.25, -0.2) is 14.2 Å². The van der Waals surface area contributed by atoms with Crippen LogP contribution in [0.5, 0.6) is 0 Å². The lowest BCUT2D eigenvalue weighted by atomic mass is 9.96. The number of carbonyl (C=O) groups is 1. The molecule has 3 N–H and O–H groups in total. The molecule has 0 saturated heterocycles. The lowest BCUT2D eigenvalue weighted by Gasteiger charge is -2.14. The van der Waals surface area contributed by atoms with Crippen LogP contribution in [-0.2, 0) is 5.41 Å². The molecule has 0 bridgehead atoms. The largest absolute Gasteiger partial charge is 0.341 e. The second-order valence-electron chi connectivity index (χ2n) is 8.46. The third-order valence-corrected chi connectivity index (χ3v) is 4.88. The van der Waals surface area contributed by atoms with Crippen molar-refractivity contribution in [2.75, 3.05) is 10.6 Å². The number of aromatic amines is 1. The summed E-state index contributed by atoms with van der Waals surface area (Å²) in [5, 5.41) is 5.51. The molecule has 0 aliphatic carbocycles. The molecule has 32 heavy (non-hydrogen) atoms. The Kier molecular flexibility index (Phi) is 5.73. The molecular weight excluding hydrogens is 405 g/mol. The predicted molar refractivity (Wildman–Crippen MR) is 125 cm³/mol. The van der Waals surface area contributed by atoms with Gasteiger partial charge in [-0.15, -0.1) is 0 Å². The number of urea groups is 1. The van der Waals surface area contributed by atoms with E-state index in [0.29, 0.717) is 11.4 Å². The van der Waals surface area contributed by atoms with Crippen LogP contribution >= 0.6 is 0 Å². The van der Waals surface area contributed by atoms with Gasteiger partial charge in [-0.2, -0.15) is 0 Å². The average molecular weight is 429 g/mol. The van der Waals surface area contributed by atoms with Gasteiger partial charge in [0, 0.05) is 40.3 Å². The molecule has 4 aromatic rings. The van der Waals surface area contributed by atoms with Crippen molar-refractivity contribution in [1.82, 2.24) is 15.0 Å². The highest BCUT2D eigenvalue weighted by Crippen LogP contribution is 2.34. The van der Waals surface area contributed by atoms with Gasteiger partial charge in [-0.05, 0) is 48.5 Å². The fraction of sp³-hybridized carbons (Fsp3) is 0.160. The Balaban J connectivity index is 1.63. The molecule has 0 aliphatic heterocycles. The number of benzene rings is 2. The molecule has 0 aliphatic rings. The van der Waals surface area contributed by atoms with Crippen molar-refractivity contribution in [2.45, 2.75) is 26.2 Å². The van der Waals surface area contributed by atoms with Crippen molar-refractivity contribution >= 4 is 17.4 Å². The topological polar surface area (TPSA) is 82.7 Å². The Morgan fingerprint density at radius 2 is 1.59 bits per heavy atom. The first kappa shape index (κ1) is 21.2. The van der Waals surface area contributed by atoms with E-state index < -0.39 is 6.03 Å². The molecule has 162 valence electrons. The number of pyridine rings is 1. The maximum absolute atomic E-state index is 13.1. The summed E-state index contributed by atoms with van der Waals surface area (Å²) < 4.78 is 13.1. The van der Waals surface area contributed by atoms with E-state index in [1.54, 1.807) is 18.5 Å². The number of hydrogen-bond acceptors (Lipinski definition) is 3. The quantitative estimate of drug-likeness (QED) is 0.360. The van der Waals surface area contributed by atoms with Crippen molar-refractivity contribution < 1.29 is 9.18 Å². The Bertz CT molecular complexity index is 1230. The van der Waals surface area contributed by atoms with Crippen LogP contribution in [0.25, 0.3) is 22.5 Å². The lowest BCUT2D eigenvalue weighted by molar-refractivity contribution is 0.262. The molecular formula is C25H24FN5O. The van der Waals surface area contributed by atoms with Gasteiger partial charge in [0.05, 0.1) is 11.4 Å². The molecule has 0 spiro atoms. The zero-order valence-corrected chi connectivity index (χ0v) is 18.1. The fourth-order valence-corrected chi connectivity index (χ4v) is 3.24. The molecule has 4 rings (SSSR count). The highest BCUT2D eigenvalue weighted by molar-refractivity contribution is 6.00. The van der Waals surface area contributed by atoms with E-state index >= 15 is 0 Å². The molecule has 0 unspecified atom stereocenters. The highest BCUT2D eigenvalue weighted by Gasteiger charge is 2.22. The van der Waals surface area contributed by atoms with Crippen LogP contribution in [0.15, 0.2) is 73.1 Å². The number of hydrogen-bond donors (Lipinski definition) is 3. The summed E-state index contributed by atoms with van der Waals surface area (Å²) >= 11 is 0. The Hall–Kier alpha value is -4.00. The normalized spacial score (nSPS) is 11.2. The number of anilines is 2. The van der Waals surface area contributed by atoms with Crippen LogP contribution in [0.1, 0.15) is 26.6 Å². The van der Waals surface area contributed by atoms with Gasteiger partial charge in [0.2, 0.25) is 0 Å². The standard InChI is InChI=1S/C25H24FN5O/c1-25(2,3)23-30-21(16-11-13-27-14-12-16)22(31-23)17-5-4-6-20(15-17)29-24(32)28-19-9-7-18(26)8-10-19/h4-15H,1-3H3,(H,30,31)(H2,28,29,32). The summed E-state index contributed by atoms with van der Waals surface area (Å²) in [6.45, 7) is 6.30. The molecule has 6 nitrogen and oxygen atoms in total. The molecule has 0 radical (unpaired) electrons. The van der Waals surface area contributed by atoms with E-state index in [-0.39, 0.29) is 11.2 Å². The van der Waals surface area contributed by atoms with Crippen molar-refractivity contribution in [3.8, 4) is 22.5 Å². The summed E-state index contributed by atoms with van der Waals surface area (Å²) in [6, 6.07) is 16.5. The molecule has 7 heteroatoms. The predicted octanol–water partition coefficient (Wildman–Crippen LogP) is 6.22. The van der Waals surface area contributed by atoms with Crippen LogP contribution in [0.2, 0.25) is 0 Å². The Morgan fingerprint density at radius 3 is 2.28 bits per heavy atom. The van der Waals surface area contributed by atoms with Crippen molar-refractivity contribution in [3.63, 3.8) is 0 Å². The third kappa shape index (κ3) is 4.83. The van der Waals surface area contributed by atoms with Crippen molar-refractivity contribution in [3.05, 3.63) is 84.7 Å². The van der Waals surface area contributed by atoms with E-state index in [9.17, 15) is 9.18 Å². The van der Waals surface area contributed by atoms with E-state index in [1.165, 1.54) is 24.3 Å². The summed E-state index contributed by atoms with van der Waals surface area (Å²) in [4.78, 5) is 24.8. The minimum Gasteiger partial charge on any atom is -0.341 e. The molecule has 0 fully saturated rings. The van der Waals surface area contributed by atoms with Crippen LogP contribution in [0, 0.1) is 5.82 Å². The van der Waals surface area contributed by atoms with E-state index in [1.807, 2.05) is 30.3 Å². The van der Waals surface area contributed by atoms with Crippen LogP contribution in [0.4, 0.5) is 20.6 Å². The van der Waals surface area contributed by atoms with Gasteiger partial charge in [0.1, 0.15) is 11.6 Å². The van der Waals surface area contributed by atoms with E-state index in [0.717, 1.165) is 28.3 Å². The number of carbonyl (C=O) groups excluding carboxylic acids is 1. The first-order chi connectivity index (χ1) is 15.3. The van der Waals surface area contributed by atoms with Crippen LogP contribution in [0.3, 0.4) is 0 Å². The second-order valence-corrected chi connectivity index (χ2v) is 8.46. The number of amides is 2. The van der Waals surface area contributed by atoms with Crippen LogP contribution < -0.4 is 10.6 Å². The molecule has 2 heterocycles. The first-order valence-electron chi connectivity index (χ1n) is 10.2. The van der Waals surface area contributed by atoms with Crippen LogP contribution in [-0.4, -0.2) is 21.0 Å². The zero-order valence-electron chi connectivity index (χ0n) is 18.1. The smallest absolute Gasteiger partial charge is 0.323 e. The summed E-state index contributed by atoms with van der Waals surface area (Å²) in [6.07, 6.45) is 3.49. The Labute approximate surface area is 186 Å². The molecule has 0 saturated carbocycles.